The van der Waals surface area contributed by atoms with Crippen molar-refractivity contribution in [2.24, 2.45) is 0 Å². The van der Waals surface area contributed by atoms with Gasteiger partial charge in [0.05, 0.1) is 5.56 Å². The van der Waals surface area contributed by atoms with Crippen molar-refractivity contribution >= 4 is 0 Å². The number of pyridine rings is 1. The van der Waals surface area contributed by atoms with Crippen LogP contribution in [0.1, 0.15) is 17.2 Å². The summed E-state index contributed by atoms with van der Waals surface area (Å²) in [5.41, 5.74) is 2.39. The molecule has 2 aromatic heterocycles. The average Bonchev–Trinajstić information content (AvgIpc) is 3.19. The first-order valence-electron chi connectivity index (χ1n) is 8.91. The minimum absolute atomic E-state index is 0.309. The van der Waals surface area contributed by atoms with Crippen LogP contribution in [0.15, 0.2) is 83.6 Å². The van der Waals surface area contributed by atoms with Gasteiger partial charge in [-0.3, -0.25) is 4.98 Å². The van der Waals surface area contributed by atoms with Gasteiger partial charge in [0.15, 0.2) is 5.76 Å². The second kappa shape index (κ2) is 8.00. The number of benzene rings is 2. The fourth-order valence-corrected chi connectivity index (χ4v) is 3.08. The zero-order chi connectivity index (χ0) is 21.1. The number of nitrogens with zero attached hydrogens (tertiary/aromatic N) is 2. The Morgan fingerprint density at radius 1 is 0.900 bits per heavy atom. The Morgan fingerprint density at radius 2 is 1.63 bits per heavy atom. The lowest BCUT2D eigenvalue weighted by Crippen LogP contribution is -2.16. The Labute approximate surface area is 169 Å². The Balaban J connectivity index is 1.79. The summed E-state index contributed by atoms with van der Waals surface area (Å²) < 4.78 is 46.7. The molecule has 0 radical (unpaired) electrons. The summed E-state index contributed by atoms with van der Waals surface area (Å²) in [5.74, 6) is 0.00459. The number of hydrogen-bond acceptors (Lipinski definition) is 5. The van der Waals surface area contributed by atoms with Crippen LogP contribution in [-0.4, -0.2) is 21.6 Å². The van der Waals surface area contributed by atoms with Crippen LogP contribution in [0.4, 0.5) is 13.2 Å². The molecule has 30 heavy (non-hydrogen) atoms. The summed E-state index contributed by atoms with van der Waals surface area (Å²) in [7, 11) is 0. The number of aliphatic hydroxyl groups is 1. The molecule has 0 amide bonds. The molecule has 152 valence electrons. The van der Waals surface area contributed by atoms with E-state index in [4.69, 9.17) is 4.52 Å². The predicted molar refractivity (Wildman–Crippen MR) is 102 cm³/mol. The molecule has 0 aliphatic rings. The number of ether oxygens (including phenoxy) is 1. The Kier molecular flexibility index (Phi) is 5.24. The van der Waals surface area contributed by atoms with Gasteiger partial charge in [0.1, 0.15) is 17.5 Å². The van der Waals surface area contributed by atoms with Crippen molar-refractivity contribution in [3.8, 4) is 28.3 Å². The molecule has 0 spiro atoms. The van der Waals surface area contributed by atoms with E-state index < -0.39 is 12.5 Å². The maximum atomic E-state index is 12.4. The maximum Gasteiger partial charge on any atom is 0.573 e. The van der Waals surface area contributed by atoms with Crippen LogP contribution < -0.4 is 4.74 Å². The van der Waals surface area contributed by atoms with E-state index in [2.05, 4.69) is 14.9 Å². The van der Waals surface area contributed by atoms with Gasteiger partial charge in [-0.15, -0.1) is 13.2 Å². The van der Waals surface area contributed by atoms with E-state index in [0.717, 1.165) is 0 Å². The third-order valence-corrected chi connectivity index (χ3v) is 4.40. The molecule has 1 unspecified atom stereocenters. The van der Waals surface area contributed by atoms with Gasteiger partial charge in [0, 0.05) is 29.1 Å². The minimum atomic E-state index is -4.78. The highest BCUT2D eigenvalue weighted by Crippen LogP contribution is 2.39. The van der Waals surface area contributed by atoms with Crippen molar-refractivity contribution in [3.05, 3.63) is 90.3 Å². The van der Waals surface area contributed by atoms with Gasteiger partial charge in [-0.2, -0.15) is 0 Å². The third kappa shape index (κ3) is 4.18. The summed E-state index contributed by atoms with van der Waals surface area (Å²) in [6.07, 6.45) is -2.78. The molecule has 4 rings (SSSR count). The van der Waals surface area contributed by atoms with Gasteiger partial charge < -0.3 is 14.4 Å². The molecular weight excluding hydrogens is 397 g/mol. The smallest absolute Gasteiger partial charge is 0.406 e. The normalized spacial score (nSPS) is 12.5. The summed E-state index contributed by atoms with van der Waals surface area (Å²) in [5, 5.41) is 15.2. The number of aromatic nitrogens is 2. The number of halogens is 3. The second-order valence-corrected chi connectivity index (χ2v) is 6.40. The Hall–Kier alpha value is -3.65. The molecule has 0 saturated heterocycles. The highest BCUT2D eigenvalue weighted by atomic mass is 19.4. The van der Waals surface area contributed by atoms with Crippen LogP contribution in [-0.2, 0) is 0 Å². The predicted octanol–water partition coefficient (Wildman–Crippen LogP) is 5.38. The molecule has 1 N–H and O–H groups in total. The SMILES string of the molecule is OC(c1cccnc1)c1c(-c2ccc(OC(F)(F)F)cc2)noc1-c1ccccc1. The zero-order valence-electron chi connectivity index (χ0n) is 15.4. The van der Waals surface area contributed by atoms with Crippen LogP contribution in [0, 0.1) is 0 Å². The first-order chi connectivity index (χ1) is 14.4. The minimum Gasteiger partial charge on any atom is -0.406 e. The Bertz CT molecular complexity index is 1110. The van der Waals surface area contributed by atoms with E-state index in [-0.39, 0.29) is 5.75 Å². The summed E-state index contributed by atoms with van der Waals surface area (Å²) in [4.78, 5) is 4.03. The van der Waals surface area contributed by atoms with Crippen molar-refractivity contribution < 1.29 is 27.5 Å². The van der Waals surface area contributed by atoms with Crippen LogP contribution in [0.2, 0.25) is 0 Å². The fourth-order valence-electron chi connectivity index (χ4n) is 3.08. The number of alkyl halides is 3. The lowest BCUT2D eigenvalue weighted by Gasteiger charge is -2.13. The topological polar surface area (TPSA) is 68.4 Å². The van der Waals surface area contributed by atoms with Gasteiger partial charge in [-0.25, -0.2) is 0 Å². The molecule has 0 saturated carbocycles. The van der Waals surface area contributed by atoms with Crippen LogP contribution in [0.5, 0.6) is 5.75 Å². The molecule has 0 aliphatic heterocycles. The first-order valence-corrected chi connectivity index (χ1v) is 8.91. The molecular formula is C22H15F3N2O3. The molecule has 0 fully saturated rings. The van der Waals surface area contributed by atoms with Crippen LogP contribution in [0.25, 0.3) is 22.6 Å². The summed E-state index contributed by atoms with van der Waals surface area (Å²) in [6, 6.07) is 17.7. The largest absolute Gasteiger partial charge is 0.573 e. The molecule has 8 heteroatoms. The molecule has 1 atom stereocenters. The third-order valence-electron chi connectivity index (χ3n) is 4.40. The van der Waals surface area contributed by atoms with Crippen molar-refractivity contribution in [1.82, 2.24) is 10.1 Å². The summed E-state index contributed by atoms with van der Waals surface area (Å²) >= 11 is 0. The van der Waals surface area contributed by atoms with Crippen LogP contribution >= 0.6 is 0 Å². The fraction of sp³-hybridized carbons (Fsp3) is 0.0909. The molecule has 2 aromatic carbocycles. The van der Waals surface area contributed by atoms with Crippen molar-refractivity contribution in [3.63, 3.8) is 0 Å². The number of rotatable bonds is 5. The average molecular weight is 412 g/mol. The van der Waals surface area contributed by atoms with E-state index in [9.17, 15) is 18.3 Å². The standard InChI is InChI=1S/C22H15F3N2O3/c23-22(24,25)29-17-10-8-14(9-11-17)19-18(20(28)16-7-4-12-26-13-16)21(30-27-19)15-5-2-1-3-6-15/h1-13,20,28H. The molecule has 0 bridgehead atoms. The molecule has 5 nitrogen and oxygen atoms in total. The quantitative estimate of drug-likeness (QED) is 0.476. The number of aliphatic hydroxyl groups excluding tert-OH is 1. The monoisotopic (exact) mass is 412 g/mol. The lowest BCUT2D eigenvalue weighted by atomic mass is 9.95. The van der Waals surface area contributed by atoms with Gasteiger partial charge in [0.25, 0.3) is 0 Å². The maximum absolute atomic E-state index is 12.4. The van der Waals surface area contributed by atoms with E-state index >= 15 is 0 Å². The van der Waals surface area contributed by atoms with E-state index in [1.165, 1.54) is 30.5 Å². The Morgan fingerprint density at radius 3 is 2.27 bits per heavy atom. The molecule has 0 aliphatic carbocycles. The van der Waals surface area contributed by atoms with Crippen LogP contribution in [0.3, 0.4) is 0 Å². The number of hydrogen-bond donors (Lipinski definition) is 1. The van der Waals surface area contributed by atoms with E-state index in [1.54, 1.807) is 18.3 Å². The van der Waals surface area contributed by atoms with Gasteiger partial charge >= 0.3 is 6.36 Å². The molecule has 4 aromatic rings. The van der Waals surface area contributed by atoms with Gasteiger partial charge in [-0.05, 0) is 30.3 Å². The van der Waals surface area contributed by atoms with E-state index in [1.807, 2.05) is 30.3 Å². The highest BCUT2D eigenvalue weighted by molar-refractivity contribution is 5.74. The van der Waals surface area contributed by atoms with Gasteiger partial charge in [-0.1, -0.05) is 41.6 Å². The van der Waals surface area contributed by atoms with Crippen molar-refractivity contribution in [2.45, 2.75) is 12.5 Å². The first kappa shape index (κ1) is 19.7. The van der Waals surface area contributed by atoms with Crippen molar-refractivity contribution in [1.29, 1.82) is 0 Å². The van der Waals surface area contributed by atoms with Gasteiger partial charge in [0.2, 0.25) is 0 Å². The van der Waals surface area contributed by atoms with E-state index in [0.29, 0.717) is 33.7 Å². The molecule has 2 heterocycles. The second-order valence-electron chi connectivity index (χ2n) is 6.40. The van der Waals surface area contributed by atoms with Crippen molar-refractivity contribution in [2.75, 3.05) is 0 Å². The summed E-state index contributed by atoms with van der Waals surface area (Å²) in [6.45, 7) is 0. The zero-order valence-corrected chi connectivity index (χ0v) is 15.4. The highest BCUT2D eigenvalue weighted by Gasteiger charge is 2.31. The lowest BCUT2D eigenvalue weighted by molar-refractivity contribution is -0.274.